The van der Waals surface area contributed by atoms with Crippen molar-refractivity contribution in [3.63, 3.8) is 0 Å². The molecule has 0 aliphatic carbocycles. The van der Waals surface area contributed by atoms with Gasteiger partial charge in [0.15, 0.2) is 0 Å². The van der Waals surface area contributed by atoms with Gasteiger partial charge in [0.1, 0.15) is 0 Å². The summed E-state index contributed by atoms with van der Waals surface area (Å²) in [4.78, 5) is 2.56. The molecule has 2 rings (SSSR count). The zero-order valence-corrected chi connectivity index (χ0v) is 12.2. The second-order valence-electron chi connectivity index (χ2n) is 5.53. The molecule has 0 aromatic heterocycles. The van der Waals surface area contributed by atoms with E-state index >= 15 is 0 Å². The average molecular weight is 262 g/mol. The number of ether oxygens (including phenoxy) is 1. The SMILES string of the molecule is CNCc1cccc(CN2CCC(COC)CC2)c1. The topological polar surface area (TPSA) is 24.5 Å². The maximum atomic E-state index is 5.25. The van der Waals surface area contributed by atoms with Crippen LogP contribution < -0.4 is 5.32 Å². The van der Waals surface area contributed by atoms with Gasteiger partial charge in [0.25, 0.3) is 0 Å². The molecule has 1 fully saturated rings. The fraction of sp³-hybridized carbons (Fsp3) is 0.625. The Morgan fingerprint density at radius 3 is 2.68 bits per heavy atom. The van der Waals surface area contributed by atoms with E-state index in [9.17, 15) is 0 Å². The summed E-state index contributed by atoms with van der Waals surface area (Å²) in [7, 11) is 3.80. The molecule has 1 aliphatic rings. The third-order valence-electron chi connectivity index (χ3n) is 3.89. The minimum Gasteiger partial charge on any atom is -0.384 e. The lowest BCUT2D eigenvalue weighted by Gasteiger charge is -2.31. The summed E-state index contributed by atoms with van der Waals surface area (Å²) >= 11 is 0. The van der Waals surface area contributed by atoms with Crippen LogP contribution in [0.15, 0.2) is 24.3 Å². The Bertz CT molecular complexity index is 373. The lowest BCUT2D eigenvalue weighted by Crippen LogP contribution is -2.34. The summed E-state index contributed by atoms with van der Waals surface area (Å²) in [5.41, 5.74) is 2.80. The molecule has 19 heavy (non-hydrogen) atoms. The molecule has 0 radical (unpaired) electrons. The van der Waals surface area contributed by atoms with E-state index < -0.39 is 0 Å². The van der Waals surface area contributed by atoms with Gasteiger partial charge in [0.05, 0.1) is 0 Å². The molecule has 0 spiro atoms. The molecule has 1 aromatic carbocycles. The molecule has 1 aromatic rings. The predicted octanol–water partition coefficient (Wildman–Crippen LogP) is 2.26. The van der Waals surface area contributed by atoms with E-state index in [2.05, 4.69) is 34.5 Å². The van der Waals surface area contributed by atoms with Crippen LogP contribution in [0.5, 0.6) is 0 Å². The number of rotatable bonds is 6. The maximum absolute atomic E-state index is 5.25. The van der Waals surface area contributed by atoms with Crippen LogP contribution in [0.1, 0.15) is 24.0 Å². The van der Waals surface area contributed by atoms with Crippen molar-refractivity contribution >= 4 is 0 Å². The normalized spacial score (nSPS) is 17.8. The van der Waals surface area contributed by atoms with Crippen molar-refractivity contribution in [1.82, 2.24) is 10.2 Å². The van der Waals surface area contributed by atoms with Gasteiger partial charge in [-0.05, 0) is 50.0 Å². The van der Waals surface area contributed by atoms with Crippen molar-refractivity contribution in [1.29, 1.82) is 0 Å². The second-order valence-corrected chi connectivity index (χ2v) is 5.53. The highest BCUT2D eigenvalue weighted by Gasteiger charge is 2.18. The van der Waals surface area contributed by atoms with Gasteiger partial charge in [-0.15, -0.1) is 0 Å². The van der Waals surface area contributed by atoms with E-state index in [0.717, 1.165) is 25.6 Å². The van der Waals surface area contributed by atoms with Crippen molar-refractivity contribution < 1.29 is 4.74 Å². The van der Waals surface area contributed by atoms with Crippen LogP contribution in [-0.4, -0.2) is 38.8 Å². The highest BCUT2D eigenvalue weighted by Crippen LogP contribution is 2.19. The molecule has 0 bridgehead atoms. The Balaban J connectivity index is 1.83. The van der Waals surface area contributed by atoms with Gasteiger partial charge >= 0.3 is 0 Å². The molecule has 3 heteroatoms. The van der Waals surface area contributed by atoms with E-state index in [1.54, 1.807) is 7.11 Å². The second kappa shape index (κ2) is 7.63. The summed E-state index contributed by atoms with van der Waals surface area (Å²) in [5.74, 6) is 0.761. The van der Waals surface area contributed by atoms with E-state index in [-0.39, 0.29) is 0 Å². The third-order valence-corrected chi connectivity index (χ3v) is 3.89. The smallest absolute Gasteiger partial charge is 0.0491 e. The Morgan fingerprint density at radius 1 is 1.26 bits per heavy atom. The van der Waals surface area contributed by atoms with E-state index in [0.29, 0.717) is 0 Å². The number of nitrogens with one attached hydrogen (secondary N) is 1. The first kappa shape index (κ1) is 14.5. The van der Waals surface area contributed by atoms with E-state index in [1.807, 2.05) is 7.05 Å². The van der Waals surface area contributed by atoms with Gasteiger partial charge in [-0.1, -0.05) is 24.3 Å². The summed E-state index contributed by atoms with van der Waals surface area (Å²) in [5, 5.41) is 3.21. The predicted molar refractivity (Wildman–Crippen MR) is 79.1 cm³/mol. The molecule has 0 unspecified atom stereocenters. The number of nitrogens with zero attached hydrogens (tertiary/aromatic N) is 1. The van der Waals surface area contributed by atoms with E-state index in [1.165, 1.54) is 37.1 Å². The fourth-order valence-corrected chi connectivity index (χ4v) is 2.85. The summed E-state index contributed by atoms with van der Waals surface area (Å²) < 4.78 is 5.25. The monoisotopic (exact) mass is 262 g/mol. The Labute approximate surface area is 116 Å². The third kappa shape index (κ3) is 4.60. The molecule has 1 aliphatic heterocycles. The molecule has 106 valence electrons. The molecule has 0 atom stereocenters. The number of likely N-dealkylation sites (tertiary alicyclic amines) is 1. The summed E-state index contributed by atoms with van der Waals surface area (Å²) in [6.45, 7) is 5.35. The van der Waals surface area contributed by atoms with Gasteiger partial charge in [0.2, 0.25) is 0 Å². The number of benzene rings is 1. The Kier molecular flexibility index (Phi) is 5.83. The largest absolute Gasteiger partial charge is 0.384 e. The van der Waals surface area contributed by atoms with Crippen molar-refractivity contribution in [3.8, 4) is 0 Å². The molecule has 1 N–H and O–H groups in total. The highest BCUT2D eigenvalue weighted by molar-refractivity contribution is 5.23. The van der Waals surface area contributed by atoms with Crippen LogP contribution in [0.2, 0.25) is 0 Å². The fourth-order valence-electron chi connectivity index (χ4n) is 2.85. The van der Waals surface area contributed by atoms with Crippen LogP contribution in [0.3, 0.4) is 0 Å². The number of methoxy groups -OCH3 is 1. The van der Waals surface area contributed by atoms with Crippen molar-refractivity contribution in [2.24, 2.45) is 5.92 Å². The zero-order chi connectivity index (χ0) is 13.5. The molecule has 0 saturated carbocycles. The van der Waals surface area contributed by atoms with Gasteiger partial charge in [-0.3, -0.25) is 4.90 Å². The number of piperidine rings is 1. The van der Waals surface area contributed by atoms with Crippen LogP contribution in [0.4, 0.5) is 0 Å². The Hall–Kier alpha value is -0.900. The standard InChI is InChI=1S/C16H26N2O/c1-17-11-15-4-3-5-16(10-15)12-18-8-6-14(7-9-18)13-19-2/h3-5,10,14,17H,6-9,11-13H2,1-2H3. The maximum Gasteiger partial charge on any atom is 0.0491 e. The molecule has 3 nitrogen and oxygen atoms in total. The summed E-state index contributed by atoms with van der Waals surface area (Å²) in [6, 6.07) is 8.91. The van der Waals surface area contributed by atoms with Crippen molar-refractivity contribution in [3.05, 3.63) is 35.4 Å². The molecule has 1 heterocycles. The molecule has 0 amide bonds. The Morgan fingerprint density at radius 2 is 2.00 bits per heavy atom. The minimum absolute atomic E-state index is 0.761. The lowest BCUT2D eigenvalue weighted by atomic mass is 9.97. The zero-order valence-electron chi connectivity index (χ0n) is 12.2. The van der Waals surface area contributed by atoms with Crippen LogP contribution >= 0.6 is 0 Å². The summed E-state index contributed by atoms with van der Waals surface area (Å²) in [6.07, 6.45) is 2.54. The van der Waals surface area contributed by atoms with Gasteiger partial charge < -0.3 is 10.1 Å². The first-order chi connectivity index (χ1) is 9.31. The molecular weight excluding hydrogens is 236 g/mol. The van der Waals surface area contributed by atoms with E-state index in [4.69, 9.17) is 4.74 Å². The lowest BCUT2D eigenvalue weighted by molar-refractivity contribution is 0.0968. The first-order valence-corrected chi connectivity index (χ1v) is 7.25. The van der Waals surface area contributed by atoms with Crippen LogP contribution in [-0.2, 0) is 17.8 Å². The number of hydrogen-bond acceptors (Lipinski definition) is 3. The van der Waals surface area contributed by atoms with Crippen LogP contribution in [0.25, 0.3) is 0 Å². The van der Waals surface area contributed by atoms with Gasteiger partial charge in [0, 0.05) is 26.8 Å². The first-order valence-electron chi connectivity index (χ1n) is 7.25. The van der Waals surface area contributed by atoms with Gasteiger partial charge in [-0.2, -0.15) is 0 Å². The number of hydrogen-bond donors (Lipinski definition) is 1. The molecular formula is C16H26N2O. The highest BCUT2D eigenvalue weighted by atomic mass is 16.5. The average Bonchev–Trinajstić information content (AvgIpc) is 2.42. The van der Waals surface area contributed by atoms with Crippen molar-refractivity contribution in [2.45, 2.75) is 25.9 Å². The molecule has 1 saturated heterocycles. The quantitative estimate of drug-likeness (QED) is 0.851. The van der Waals surface area contributed by atoms with Crippen LogP contribution in [0, 0.1) is 5.92 Å². The minimum atomic E-state index is 0.761. The van der Waals surface area contributed by atoms with Gasteiger partial charge in [-0.25, -0.2) is 0 Å². The van der Waals surface area contributed by atoms with Crippen molar-refractivity contribution in [2.75, 3.05) is 33.9 Å².